The largest absolute Gasteiger partial charge is 0.292 e. The van der Waals surface area contributed by atoms with Gasteiger partial charge in [-0.1, -0.05) is 83.4 Å². The van der Waals surface area contributed by atoms with Crippen LogP contribution in [-0.4, -0.2) is 25.7 Å². The van der Waals surface area contributed by atoms with Crippen molar-refractivity contribution in [1.82, 2.24) is 0 Å². The molecule has 2 aliphatic heterocycles. The first-order valence-electron chi connectivity index (χ1n) is 10.3. The van der Waals surface area contributed by atoms with E-state index in [-0.39, 0.29) is 0 Å². The molecule has 2 aromatic carbocycles. The Kier molecular flexibility index (Phi) is 9.34. The lowest BCUT2D eigenvalue weighted by Crippen LogP contribution is -2.25. The van der Waals surface area contributed by atoms with Crippen molar-refractivity contribution in [2.75, 3.05) is 18.2 Å². The molecular weight excluding hydrogens is 522 g/mol. The average Bonchev–Trinajstić information content (AvgIpc) is 3.39. The molecule has 0 saturated carbocycles. The second-order valence-electron chi connectivity index (χ2n) is 7.34. The zero-order valence-electron chi connectivity index (χ0n) is 18.4. The molecule has 0 spiro atoms. The lowest BCUT2D eigenvalue weighted by atomic mass is 10.4. The van der Waals surface area contributed by atoms with Gasteiger partial charge in [-0.05, 0) is 50.8 Å². The van der Waals surface area contributed by atoms with Gasteiger partial charge < -0.3 is 0 Å². The number of thioether (sulfide) groups is 6. The summed E-state index contributed by atoms with van der Waals surface area (Å²) in [6.45, 7) is 4.50. The fourth-order valence-corrected chi connectivity index (χ4v) is 14.6. The SMILES string of the molecule is [B-][P+](CCCSC1=C(C)S/C(=C2/SC(C)=C(SC)S2)S1)(c1ccccc1)c1ccccc1. The summed E-state index contributed by atoms with van der Waals surface area (Å²) in [4.78, 5) is 2.88. The molecule has 0 fully saturated rings. The first kappa shape index (κ1) is 25.4. The lowest BCUT2D eigenvalue weighted by Gasteiger charge is -2.37. The highest BCUT2D eigenvalue weighted by molar-refractivity contribution is 8.40. The Balaban J connectivity index is 1.37. The smallest absolute Gasteiger partial charge is 0.0708 e. The summed E-state index contributed by atoms with van der Waals surface area (Å²) in [5, 5.41) is 2.60. The number of allylic oxidation sites excluding steroid dienone is 2. The molecule has 0 atom stereocenters. The van der Waals surface area contributed by atoms with E-state index in [0.717, 1.165) is 18.3 Å². The molecule has 0 aliphatic carbocycles. The molecule has 4 rings (SSSR count). The van der Waals surface area contributed by atoms with E-state index < -0.39 is 7.14 Å². The number of hydrogen-bond acceptors (Lipinski definition) is 6. The third-order valence-electron chi connectivity index (χ3n) is 5.11. The van der Waals surface area contributed by atoms with Gasteiger partial charge in [0.15, 0.2) is 0 Å². The maximum Gasteiger partial charge on any atom is 0.0708 e. The molecular formula is C24H25BPS6. The maximum atomic E-state index is 7.17. The van der Waals surface area contributed by atoms with Crippen molar-refractivity contribution in [2.45, 2.75) is 20.3 Å². The Morgan fingerprint density at radius 2 is 1.25 bits per heavy atom. The molecule has 2 aliphatic rings. The number of benzene rings is 2. The van der Waals surface area contributed by atoms with Crippen LogP contribution in [0.5, 0.6) is 0 Å². The molecule has 0 aromatic heterocycles. The van der Waals surface area contributed by atoms with E-state index in [1.165, 1.54) is 37.4 Å². The second kappa shape index (κ2) is 11.8. The van der Waals surface area contributed by atoms with Crippen molar-refractivity contribution >= 4 is 95.9 Å². The summed E-state index contributed by atoms with van der Waals surface area (Å²) in [5.74, 6) is 1.11. The highest BCUT2D eigenvalue weighted by Crippen LogP contribution is 2.63. The van der Waals surface area contributed by atoms with E-state index in [1.54, 1.807) is 0 Å². The summed E-state index contributed by atoms with van der Waals surface area (Å²) in [6, 6.07) is 21.4. The van der Waals surface area contributed by atoms with Crippen molar-refractivity contribution < 1.29 is 0 Å². The molecule has 0 nitrogen and oxygen atoms in total. The first-order valence-corrected chi connectivity index (χ1v) is 17.9. The Morgan fingerprint density at radius 1 is 0.750 bits per heavy atom. The second-order valence-corrected chi connectivity index (χ2v) is 18.0. The van der Waals surface area contributed by atoms with E-state index in [9.17, 15) is 0 Å². The highest BCUT2D eigenvalue weighted by atomic mass is 32.2. The van der Waals surface area contributed by atoms with Crippen LogP contribution in [0.25, 0.3) is 0 Å². The van der Waals surface area contributed by atoms with Gasteiger partial charge in [-0.2, -0.15) is 7.14 Å². The molecule has 8 heteroatoms. The quantitative estimate of drug-likeness (QED) is 0.183. The van der Waals surface area contributed by atoms with Crippen LogP contribution in [0.3, 0.4) is 0 Å². The molecule has 0 unspecified atom stereocenters. The van der Waals surface area contributed by atoms with E-state index in [0.29, 0.717) is 0 Å². The van der Waals surface area contributed by atoms with Crippen LogP contribution in [0.4, 0.5) is 0 Å². The number of hydrogen-bond donors (Lipinski definition) is 0. The number of rotatable bonds is 8. The van der Waals surface area contributed by atoms with E-state index in [1.807, 2.05) is 70.6 Å². The fourth-order valence-electron chi connectivity index (χ4n) is 3.47. The summed E-state index contributed by atoms with van der Waals surface area (Å²) in [5.41, 5.74) is 0. The molecule has 2 heterocycles. The summed E-state index contributed by atoms with van der Waals surface area (Å²) in [6.07, 6.45) is 4.33. The monoisotopic (exact) mass is 547 g/mol. The van der Waals surface area contributed by atoms with Crippen LogP contribution in [0.15, 0.2) is 87.4 Å². The highest BCUT2D eigenvalue weighted by Gasteiger charge is 2.28. The molecule has 32 heavy (non-hydrogen) atoms. The minimum atomic E-state index is -1.86. The first-order chi connectivity index (χ1) is 15.5. The summed E-state index contributed by atoms with van der Waals surface area (Å²) in [7, 11) is 5.30. The molecule has 0 amide bonds. The third kappa shape index (κ3) is 5.90. The van der Waals surface area contributed by atoms with Crippen molar-refractivity contribution in [3.05, 3.63) is 87.4 Å². The third-order valence-corrected chi connectivity index (χ3v) is 17.3. The molecule has 0 saturated heterocycles. The van der Waals surface area contributed by atoms with Gasteiger partial charge in [0.2, 0.25) is 0 Å². The minimum Gasteiger partial charge on any atom is -0.292 e. The van der Waals surface area contributed by atoms with Crippen LogP contribution in [0.2, 0.25) is 0 Å². The van der Waals surface area contributed by atoms with Crippen LogP contribution in [-0.2, 0) is 0 Å². The zero-order chi connectivity index (χ0) is 22.6. The van der Waals surface area contributed by atoms with Gasteiger partial charge in [-0.25, -0.2) is 0 Å². The maximum absolute atomic E-state index is 7.17. The molecule has 3 radical (unpaired) electrons. The Morgan fingerprint density at radius 3 is 1.75 bits per heavy atom. The van der Waals surface area contributed by atoms with Crippen molar-refractivity contribution in [3.8, 4) is 0 Å². The Hall–Kier alpha value is 0.255. The van der Waals surface area contributed by atoms with Gasteiger partial charge in [0, 0.05) is 32.3 Å². The van der Waals surface area contributed by atoms with Gasteiger partial charge in [0.1, 0.15) is 0 Å². The van der Waals surface area contributed by atoms with Crippen molar-refractivity contribution in [1.29, 1.82) is 0 Å². The van der Waals surface area contributed by atoms with Gasteiger partial charge >= 0.3 is 0 Å². The minimum absolute atomic E-state index is 1.04. The van der Waals surface area contributed by atoms with Crippen LogP contribution < -0.4 is 10.6 Å². The topological polar surface area (TPSA) is 0 Å². The summed E-state index contributed by atoms with van der Waals surface area (Å²) < 4.78 is 5.83. The summed E-state index contributed by atoms with van der Waals surface area (Å²) >= 11 is 11.7. The van der Waals surface area contributed by atoms with E-state index in [2.05, 4.69) is 80.8 Å². The molecule has 2 aromatic rings. The lowest BCUT2D eigenvalue weighted by molar-refractivity contribution is 1.12. The van der Waals surface area contributed by atoms with Crippen molar-refractivity contribution in [3.63, 3.8) is 0 Å². The Labute approximate surface area is 220 Å². The van der Waals surface area contributed by atoms with Gasteiger partial charge in [0.25, 0.3) is 0 Å². The predicted octanol–water partition coefficient (Wildman–Crippen LogP) is 8.69. The average molecular weight is 548 g/mol. The van der Waals surface area contributed by atoms with Gasteiger partial charge in [-0.3, -0.25) is 7.57 Å². The van der Waals surface area contributed by atoms with E-state index >= 15 is 0 Å². The predicted molar refractivity (Wildman–Crippen MR) is 163 cm³/mol. The molecule has 0 N–H and O–H groups in total. The van der Waals surface area contributed by atoms with Crippen LogP contribution >= 0.6 is 77.7 Å². The Bertz CT molecular complexity index is 1010. The zero-order valence-corrected chi connectivity index (χ0v) is 24.2. The fraction of sp³-hybridized carbons (Fsp3) is 0.250. The normalized spacial score (nSPS) is 19.4. The standard InChI is InChI=1S/C24H25BPS6/c1-17-21(27-3)31-23(29-17)24-30-18(2)22(32-24)28-16-10-15-26(25,19-11-6-4-7-12-19)20-13-8-5-9-14-20/h4-9,11-14H,10,15-16H2,1-3H3/b24-23+. The van der Waals surface area contributed by atoms with Gasteiger partial charge in [0.05, 0.1) is 16.9 Å². The van der Waals surface area contributed by atoms with Gasteiger partial charge in [-0.15, -0.1) is 23.5 Å². The molecule has 0 bridgehead atoms. The molecule has 165 valence electrons. The van der Waals surface area contributed by atoms with E-state index in [4.69, 9.17) is 7.57 Å². The van der Waals surface area contributed by atoms with Crippen LogP contribution in [0.1, 0.15) is 20.3 Å². The van der Waals surface area contributed by atoms with Crippen molar-refractivity contribution in [2.24, 2.45) is 0 Å². The van der Waals surface area contributed by atoms with Crippen LogP contribution in [0, 0.1) is 0 Å².